The van der Waals surface area contributed by atoms with Crippen LogP contribution < -0.4 is 10.6 Å². The van der Waals surface area contributed by atoms with Crippen molar-refractivity contribution < 1.29 is 4.39 Å². The van der Waals surface area contributed by atoms with Crippen molar-refractivity contribution in [3.63, 3.8) is 0 Å². The van der Waals surface area contributed by atoms with Crippen molar-refractivity contribution in [3.8, 4) is 0 Å². The highest BCUT2D eigenvalue weighted by molar-refractivity contribution is 5.57. The summed E-state index contributed by atoms with van der Waals surface area (Å²) in [5, 5.41) is 0. The number of hydrogen-bond donors (Lipinski definition) is 1. The molecule has 2 rings (SSSR count). The first kappa shape index (κ1) is 14.3. The van der Waals surface area contributed by atoms with E-state index in [0.29, 0.717) is 11.5 Å². The number of hydrogen-bond acceptors (Lipinski definition) is 2. The SMILES string of the molecule is Cc1cc(N2CCC(C(C)C)C2)c([C@@H](C)N)cc1F. The van der Waals surface area contributed by atoms with E-state index >= 15 is 0 Å². The minimum absolute atomic E-state index is 0.136. The number of halogens is 1. The molecule has 1 aromatic rings. The summed E-state index contributed by atoms with van der Waals surface area (Å²) in [6.45, 7) is 10.4. The van der Waals surface area contributed by atoms with Gasteiger partial charge in [-0.15, -0.1) is 0 Å². The quantitative estimate of drug-likeness (QED) is 0.903. The summed E-state index contributed by atoms with van der Waals surface area (Å²) in [5.41, 5.74) is 8.75. The lowest BCUT2D eigenvalue weighted by Crippen LogP contribution is -2.24. The Morgan fingerprint density at radius 2 is 2.00 bits per heavy atom. The number of benzene rings is 1. The van der Waals surface area contributed by atoms with Crippen molar-refractivity contribution in [3.05, 3.63) is 29.1 Å². The Labute approximate surface area is 115 Å². The average Bonchev–Trinajstić information content (AvgIpc) is 2.81. The van der Waals surface area contributed by atoms with Crippen molar-refractivity contribution in [1.29, 1.82) is 0 Å². The summed E-state index contributed by atoms with van der Waals surface area (Å²) < 4.78 is 13.7. The van der Waals surface area contributed by atoms with Crippen LogP contribution in [0.15, 0.2) is 12.1 Å². The largest absolute Gasteiger partial charge is 0.371 e. The molecule has 2 atom stereocenters. The number of nitrogens with zero attached hydrogens (tertiary/aromatic N) is 1. The molecule has 1 aliphatic heterocycles. The van der Waals surface area contributed by atoms with Gasteiger partial charge in [0.2, 0.25) is 0 Å². The number of nitrogens with two attached hydrogens (primary N) is 1. The predicted molar refractivity (Wildman–Crippen MR) is 78.9 cm³/mol. The Bertz CT molecular complexity index is 454. The van der Waals surface area contributed by atoms with Gasteiger partial charge >= 0.3 is 0 Å². The van der Waals surface area contributed by atoms with E-state index in [0.717, 1.165) is 30.3 Å². The lowest BCUT2D eigenvalue weighted by atomic mass is 9.95. The highest BCUT2D eigenvalue weighted by atomic mass is 19.1. The van der Waals surface area contributed by atoms with E-state index in [1.54, 1.807) is 6.07 Å². The first-order valence-corrected chi connectivity index (χ1v) is 7.20. The highest BCUT2D eigenvalue weighted by Gasteiger charge is 2.27. The molecule has 1 fully saturated rings. The van der Waals surface area contributed by atoms with E-state index in [1.165, 1.54) is 6.42 Å². The first-order chi connectivity index (χ1) is 8.90. The normalized spacial score (nSPS) is 21.2. The van der Waals surface area contributed by atoms with Crippen LogP contribution in [0.5, 0.6) is 0 Å². The van der Waals surface area contributed by atoms with E-state index < -0.39 is 0 Å². The molecule has 0 amide bonds. The zero-order valence-corrected chi connectivity index (χ0v) is 12.4. The minimum Gasteiger partial charge on any atom is -0.371 e. The maximum atomic E-state index is 13.7. The van der Waals surface area contributed by atoms with Gasteiger partial charge in [-0.05, 0) is 55.4 Å². The molecule has 19 heavy (non-hydrogen) atoms. The van der Waals surface area contributed by atoms with Crippen LogP contribution in [0, 0.1) is 24.6 Å². The summed E-state index contributed by atoms with van der Waals surface area (Å²) in [5.74, 6) is 1.27. The van der Waals surface area contributed by atoms with Gasteiger partial charge in [0, 0.05) is 24.8 Å². The molecule has 2 N–H and O–H groups in total. The van der Waals surface area contributed by atoms with E-state index in [2.05, 4.69) is 18.7 Å². The molecule has 0 saturated carbocycles. The Morgan fingerprint density at radius 3 is 2.53 bits per heavy atom. The van der Waals surface area contributed by atoms with Crippen molar-refractivity contribution in [1.82, 2.24) is 0 Å². The third kappa shape index (κ3) is 2.92. The van der Waals surface area contributed by atoms with E-state index in [4.69, 9.17) is 5.73 Å². The fourth-order valence-corrected chi connectivity index (χ4v) is 2.87. The minimum atomic E-state index is -0.157. The van der Waals surface area contributed by atoms with Crippen molar-refractivity contribution in [2.75, 3.05) is 18.0 Å². The number of rotatable bonds is 3. The molecule has 2 nitrogen and oxygen atoms in total. The fraction of sp³-hybridized carbons (Fsp3) is 0.625. The molecule has 1 unspecified atom stereocenters. The summed E-state index contributed by atoms with van der Waals surface area (Å²) in [6, 6.07) is 3.43. The molecule has 1 aromatic carbocycles. The second kappa shape index (κ2) is 5.49. The lowest BCUT2D eigenvalue weighted by molar-refractivity contribution is 0.422. The van der Waals surface area contributed by atoms with Crippen LogP contribution in [0.3, 0.4) is 0 Å². The van der Waals surface area contributed by atoms with Gasteiger partial charge in [-0.3, -0.25) is 0 Å². The smallest absolute Gasteiger partial charge is 0.126 e. The fourth-order valence-electron chi connectivity index (χ4n) is 2.87. The highest BCUT2D eigenvalue weighted by Crippen LogP contribution is 2.34. The zero-order chi connectivity index (χ0) is 14.2. The molecular formula is C16H25FN2. The van der Waals surface area contributed by atoms with Crippen LogP contribution in [0.2, 0.25) is 0 Å². The number of aryl methyl sites for hydroxylation is 1. The molecule has 1 saturated heterocycles. The van der Waals surface area contributed by atoms with Gasteiger partial charge in [0.1, 0.15) is 5.82 Å². The maximum Gasteiger partial charge on any atom is 0.126 e. The monoisotopic (exact) mass is 264 g/mol. The Morgan fingerprint density at radius 1 is 1.32 bits per heavy atom. The molecule has 0 radical (unpaired) electrons. The summed E-state index contributed by atoms with van der Waals surface area (Å²) in [4.78, 5) is 2.37. The topological polar surface area (TPSA) is 29.3 Å². The standard InChI is InChI=1S/C16H25FN2/c1-10(2)13-5-6-19(9-13)16-7-11(3)15(17)8-14(16)12(4)18/h7-8,10,12-13H,5-6,9,18H2,1-4H3/t12-,13?/m1/s1. The molecule has 3 heteroatoms. The average molecular weight is 264 g/mol. The summed E-state index contributed by atoms with van der Waals surface area (Å²) in [7, 11) is 0. The Hall–Kier alpha value is -1.09. The van der Waals surface area contributed by atoms with Gasteiger partial charge in [0.05, 0.1) is 0 Å². The van der Waals surface area contributed by atoms with Crippen LogP contribution in [-0.4, -0.2) is 13.1 Å². The summed E-state index contributed by atoms with van der Waals surface area (Å²) >= 11 is 0. The lowest BCUT2D eigenvalue weighted by Gasteiger charge is -2.25. The van der Waals surface area contributed by atoms with E-state index in [9.17, 15) is 4.39 Å². The molecule has 106 valence electrons. The Kier molecular flexibility index (Phi) is 4.14. The van der Waals surface area contributed by atoms with Crippen molar-refractivity contribution in [2.45, 2.75) is 40.2 Å². The molecule has 0 spiro atoms. The Balaban J connectivity index is 2.32. The van der Waals surface area contributed by atoms with Gasteiger partial charge < -0.3 is 10.6 Å². The van der Waals surface area contributed by atoms with E-state index in [-0.39, 0.29) is 11.9 Å². The molecule has 1 aliphatic rings. The summed E-state index contributed by atoms with van der Waals surface area (Å²) in [6.07, 6.45) is 1.21. The van der Waals surface area contributed by atoms with Gasteiger partial charge in [-0.25, -0.2) is 4.39 Å². The molecule has 0 aromatic heterocycles. The van der Waals surface area contributed by atoms with Crippen molar-refractivity contribution >= 4 is 5.69 Å². The molecule has 1 heterocycles. The molecular weight excluding hydrogens is 239 g/mol. The molecule has 0 bridgehead atoms. The van der Waals surface area contributed by atoms with Crippen LogP contribution in [-0.2, 0) is 0 Å². The predicted octanol–water partition coefficient (Wildman–Crippen LogP) is 3.64. The van der Waals surface area contributed by atoms with Crippen LogP contribution in [0.4, 0.5) is 10.1 Å². The second-order valence-corrected chi connectivity index (χ2v) is 6.19. The van der Waals surface area contributed by atoms with Gasteiger partial charge in [-0.2, -0.15) is 0 Å². The third-order valence-corrected chi connectivity index (χ3v) is 4.31. The van der Waals surface area contributed by atoms with Gasteiger partial charge in [0.15, 0.2) is 0 Å². The van der Waals surface area contributed by atoms with Gasteiger partial charge in [0.25, 0.3) is 0 Å². The molecule has 0 aliphatic carbocycles. The van der Waals surface area contributed by atoms with Gasteiger partial charge in [-0.1, -0.05) is 13.8 Å². The van der Waals surface area contributed by atoms with Crippen LogP contribution >= 0.6 is 0 Å². The third-order valence-electron chi connectivity index (χ3n) is 4.31. The van der Waals surface area contributed by atoms with Crippen LogP contribution in [0.1, 0.15) is 44.4 Å². The van der Waals surface area contributed by atoms with Crippen LogP contribution in [0.25, 0.3) is 0 Å². The zero-order valence-electron chi connectivity index (χ0n) is 12.4. The second-order valence-electron chi connectivity index (χ2n) is 6.19. The maximum absolute atomic E-state index is 13.7. The first-order valence-electron chi connectivity index (χ1n) is 7.20. The van der Waals surface area contributed by atoms with Crippen molar-refractivity contribution in [2.24, 2.45) is 17.6 Å². The number of anilines is 1. The van der Waals surface area contributed by atoms with E-state index in [1.807, 2.05) is 19.9 Å².